The van der Waals surface area contributed by atoms with Crippen LogP contribution in [0.3, 0.4) is 0 Å². The van der Waals surface area contributed by atoms with Gasteiger partial charge in [-0.2, -0.15) is 0 Å². The molecule has 1 N–H and O–H groups in total. The smallest absolute Gasteiger partial charge is 0.338 e. The third-order valence-electron chi connectivity index (χ3n) is 8.85. The summed E-state index contributed by atoms with van der Waals surface area (Å²) < 4.78 is 5.23. The number of ether oxygens (including phenoxy) is 1. The Labute approximate surface area is 207 Å². The maximum Gasteiger partial charge on any atom is 0.338 e. The standard InChI is InChI=1S/C31H46O3/c1-7-21(2)10-12-23(4)28-16-17-29-26-15-13-24(20-27(26)30(33)34-6)19-25(32)14-11-22(3)9-8-18-31(28,29)5/h9-10,12-13,15,20-21,23,25,28-29,32H,7-8,11,14,16-19H2,1-6H3/b12-10+,22-9+/t21-,23+,25-,28+,29?,31+/m0/s1. The van der Waals surface area contributed by atoms with Gasteiger partial charge in [0, 0.05) is 0 Å². The van der Waals surface area contributed by atoms with Crippen molar-refractivity contribution in [3.8, 4) is 0 Å². The van der Waals surface area contributed by atoms with Crippen LogP contribution in [0.2, 0.25) is 0 Å². The number of hydrogen-bond acceptors (Lipinski definition) is 3. The van der Waals surface area contributed by atoms with Crippen LogP contribution in [-0.4, -0.2) is 24.3 Å². The number of carbonyl (C=O) groups is 1. The van der Waals surface area contributed by atoms with Crippen LogP contribution in [0.15, 0.2) is 42.0 Å². The van der Waals surface area contributed by atoms with Gasteiger partial charge in [-0.25, -0.2) is 4.79 Å². The van der Waals surface area contributed by atoms with Gasteiger partial charge in [-0.3, -0.25) is 0 Å². The minimum Gasteiger partial charge on any atom is -0.465 e. The Hall–Kier alpha value is -1.87. The fourth-order valence-corrected chi connectivity index (χ4v) is 6.45. The largest absolute Gasteiger partial charge is 0.465 e. The zero-order valence-corrected chi connectivity index (χ0v) is 22.3. The Morgan fingerprint density at radius 1 is 1.24 bits per heavy atom. The van der Waals surface area contributed by atoms with Gasteiger partial charge in [-0.1, -0.05) is 70.0 Å². The Balaban J connectivity index is 2.06. The number of rotatable bonds is 5. The topological polar surface area (TPSA) is 46.5 Å². The van der Waals surface area contributed by atoms with Crippen LogP contribution >= 0.6 is 0 Å². The van der Waals surface area contributed by atoms with E-state index in [-0.39, 0.29) is 11.4 Å². The molecule has 34 heavy (non-hydrogen) atoms. The van der Waals surface area contributed by atoms with E-state index in [1.54, 1.807) is 0 Å². The number of methoxy groups -OCH3 is 1. The first-order chi connectivity index (χ1) is 16.2. The molecule has 1 aromatic carbocycles. The number of fused-ring (bicyclic) bond motifs is 8. The van der Waals surface area contributed by atoms with Crippen molar-refractivity contribution >= 4 is 5.97 Å². The summed E-state index contributed by atoms with van der Waals surface area (Å²) in [6, 6.07) is 6.27. The van der Waals surface area contributed by atoms with Crippen LogP contribution in [0.25, 0.3) is 0 Å². The first kappa shape index (κ1) is 26.7. The maximum absolute atomic E-state index is 12.9. The normalized spacial score (nSPS) is 31.4. The van der Waals surface area contributed by atoms with E-state index in [0.717, 1.165) is 43.2 Å². The van der Waals surface area contributed by atoms with E-state index in [4.69, 9.17) is 4.74 Å². The van der Waals surface area contributed by atoms with Crippen LogP contribution < -0.4 is 0 Å². The molecule has 6 atom stereocenters. The van der Waals surface area contributed by atoms with Gasteiger partial charge in [-0.15, -0.1) is 0 Å². The fourth-order valence-electron chi connectivity index (χ4n) is 6.45. The Kier molecular flexibility index (Phi) is 9.20. The van der Waals surface area contributed by atoms with Gasteiger partial charge in [0.1, 0.15) is 0 Å². The van der Waals surface area contributed by atoms with Gasteiger partial charge in [0.05, 0.1) is 18.8 Å². The van der Waals surface area contributed by atoms with E-state index in [2.05, 4.69) is 65.0 Å². The van der Waals surface area contributed by atoms with Crippen molar-refractivity contribution in [1.82, 2.24) is 0 Å². The Bertz CT molecular complexity index is 898. The number of hydrogen-bond donors (Lipinski definition) is 1. The summed E-state index contributed by atoms with van der Waals surface area (Å²) in [5.74, 6) is 1.75. The highest BCUT2D eigenvalue weighted by molar-refractivity contribution is 5.91. The molecule has 1 fully saturated rings. The number of aliphatic hydroxyl groups is 1. The molecule has 3 aliphatic rings. The summed E-state index contributed by atoms with van der Waals surface area (Å²) in [6.07, 6.45) is 14.7. The van der Waals surface area contributed by atoms with Crippen molar-refractivity contribution in [1.29, 1.82) is 0 Å². The highest BCUT2D eigenvalue weighted by atomic mass is 16.5. The lowest BCUT2D eigenvalue weighted by Gasteiger charge is -2.40. The van der Waals surface area contributed by atoms with E-state index in [1.165, 1.54) is 25.5 Å². The molecule has 0 spiro atoms. The van der Waals surface area contributed by atoms with Gasteiger partial charge in [-0.05, 0) is 98.1 Å². The van der Waals surface area contributed by atoms with Crippen LogP contribution in [0.1, 0.15) is 107 Å². The number of allylic oxidation sites excluding steroid dienone is 4. The van der Waals surface area contributed by atoms with Crippen molar-refractivity contribution < 1.29 is 14.6 Å². The average molecular weight is 467 g/mol. The quantitative estimate of drug-likeness (QED) is 0.358. The highest BCUT2D eigenvalue weighted by Gasteiger charge is 2.48. The summed E-state index contributed by atoms with van der Waals surface area (Å²) in [4.78, 5) is 12.9. The van der Waals surface area contributed by atoms with Crippen molar-refractivity contribution in [3.63, 3.8) is 0 Å². The first-order valence-corrected chi connectivity index (χ1v) is 13.4. The monoisotopic (exact) mass is 466 g/mol. The Morgan fingerprint density at radius 3 is 2.71 bits per heavy atom. The molecule has 1 unspecified atom stereocenters. The molecule has 0 heterocycles. The van der Waals surface area contributed by atoms with E-state index in [1.807, 2.05) is 6.07 Å². The van der Waals surface area contributed by atoms with E-state index in [0.29, 0.717) is 35.7 Å². The van der Waals surface area contributed by atoms with Crippen molar-refractivity contribution in [2.45, 2.75) is 98.0 Å². The molecule has 188 valence electrons. The predicted octanol–water partition coefficient (Wildman–Crippen LogP) is 7.64. The molecule has 3 heteroatoms. The second-order valence-corrected chi connectivity index (χ2v) is 11.3. The van der Waals surface area contributed by atoms with Gasteiger partial charge in [0.25, 0.3) is 0 Å². The third kappa shape index (κ3) is 6.03. The lowest BCUT2D eigenvalue weighted by molar-refractivity contribution is 0.0596. The van der Waals surface area contributed by atoms with Crippen LogP contribution in [-0.2, 0) is 11.2 Å². The molecular formula is C31H46O3. The molecule has 0 saturated heterocycles. The molecule has 1 saturated carbocycles. The summed E-state index contributed by atoms with van der Waals surface area (Å²) in [6.45, 7) is 11.6. The molecule has 0 radical (unpaired) electrons. The van der Waals surface area contributed by atoms with Crippen molar-refractivity contribution in [3.05, 3.63) is 58.7 Å². The summed E-state index contributed by atoms with van der Waals surface area (Å²) in [5.41, 5.74) is 4.31. The van der Waals surface area contributed by atoms with Gasteiger partial charge in [0.15, 0.2) is 0 Å². The molecule has 2 bridgehead atoms. The number of carbonyl (C=O) groups excluding carboxylic acids is 1. The number of benzene rings is 1. The molecular weight excluding hydrogens is 420 g/mol. The van der Waals surface area contributed by atoms with Crippen molar-refractivity contribution in [2.24, 2.45) is 23.2 Å². The molecule has 4 rings (SSSR count). The summed E-state index contributed by atoms with van der Waals surface area (Å²) in [5, 5.41) is 10.6. The zero-order valence-electron chi connectivity index (χ0n) is 22.3. The SMILES string of the molecule is CC[C@H](C)/C=C/[C@@H](C)[C@H]1CCC2c3ccc(cc3C(=O)OC)C[C@@H](O)CC/C(C)=C/CC[C@@]21C. The average Bonchev–Trinajstić information content (AvgIpc) is 3.16. The summed E-state index contributed by atoms with van der Waals surface area (Å²) in [7, 11) is 1.47. The van der Waals surface area contributed by atoms with Gasteiger partial charge >= 0.3 is 5.97 Å². The second kappa shape index (κ2) is 11.7. The minimum absolute atomic E-state index is 0.101. The maximum atomic E-state index is 12.9. The third-order valence-corrected chi connectivity index (χ3v) is 8.85. The van der Waals surface area contributed by atoms with Crippen LogP contribution in [0.4, 0.5) is 0 Å². The minimum atomic E-state index is -0.401. The molecule has 1 aromatic rings. The predicted molar refractivity (Wildman–Crippen MR) is 141 cm³/mol. The Morgan fingerprint density at radius 2 is 2.00 bits per heavy atom. The fraction of sp³-hybridized carbons (Fsp3) is 0.645. The number of aliphatic hydroxyl groups excluding tert-OH is 1. The lowest BCUT2D eigenvalue weighted by atomic mass is 9.64. The molecule has 0 amide bonds. The second-order valence-electron chi connectivity index (χ2n) is 11.3. The molecule has 0 aliphatic heterocycles. The van der Waals surface area contributed by atoms with Crippen LogP contribution in [0, 0.1) is 23.2 Å². The van der Waals surface area contributed by atoms with E-state index >= 15 is 0 Å². The van der Waals surface area contributed by atoms with Gasteiger partial charge in [0.2, 0.25) is 0 Å². The molecule has 0 aromatic heterocycles. The number of esters is 1. The first-order valence-electron chi connectivity index (χ1n) is 13.4. The van der Waals surface area contributed by atoms with Crippen LogP contribution in [0.5, 0.6) is 0 Å². The van der Waals surface area contributed by atoms with Gasteiger partial charge < -0.3 is 9.84 Å². The molecule has 3 nitrogen and oxygen atoms in total. The van der Waals surface area contributed by atoms with E-state index < -0.39 is 6.10 Å². The van der Waals surface area contributed by atoms with Crippen molar-refractivity contribution in [2.75, 3.05) is 7.11 Å². The zero-order chi connectivity index (χ0) is 24.9. The lowest BCUT2D eigenvalue weighted by Crippen LogP contribution is -2.32. The van der Waals surface area contributed by atoms with E-state index in [9.17, 15) is 9.90 Å². The highest BCUT2D eigenvalue weighted by Crippen LogP contribution is 2.58. The summed E-state index contributed by atoms with van der Waals surface area (Å²) >= 11 is 0. The molecule has 3 aliphatic carbocycles.